The van der Waals surface area contributed by atoms with Crippen molar-refractivity contribution in [3.05, 3.63) is 38.6 Å². The molecule has 0 heterocycles. The van der Waals surface area contributed by atoms with Gasteiger partial charge in [0.2, 0.25) is 0 Å². The van der Waals surface area contributed by atoms with Gasteiger partial charge in [-0.25, -0.2) is 9.53 Å². The van der Waals surface area contributed by atoms with E-state index in [2.05, 4.69) is 22.6 Å². The summed E-state index contributed by atoms with van der Waals surface area (Å²) in [6.45, 7) is 0.0587. The lowest BCUT2D eigenvalue weighted by atomic mass is 10.2. The largest absolute Gasteiger partial charge is 0.623 e. The zero-order valence-electron chi connectivity index (χ0n) is 7.18. The normalized spacial score (nSPS) is 11.4. The van der Waals surface area contributed by atoms with Crippen LogP contribution >= 0.6 is 22.6 Å². The maximum Gasteiger partial charge on any atom is 0.394 e. The molecule has 0 aliphatic heterocycles. The summed E-state index contributed by atoms with van der Waals surface area (Å²) in [7, 11) is 0. The Bertz CT molecular complexity index is 359. The number of nitrogens with zero attached hydrogens (tertiary/aromatic N) is 1. The lowest BCUT2D eigenvalue weighted by Crippen LogP contribution is -2.11. The molecule has 0 atom stereocenters. The fourth-order valence-electron chi connectivity index (χ4n) is 0.939. The summed E-state index contributed by atoms with van der Waals surface area (Å²) < 4.78 is 1.47. The average molecular weight is 305 g/mol. The third-order valence-corrected chi connectivity index (χ3v) is 2.23. The molecule has 1 N–H and O–H groups in total. The van der Waals surface area contributed by atoms with Crippen molar-refractivity contribution in [1.29, 1.82) is 0 Å². The molecule has 0 fully saturated rings. The van der Waals surface area contributed by atoms with Crippen molar-refractivity contribution in [3.8, 4) is 0 Å². The number of carboxylic acids is 1. The summed E-state index contributed by atoms with van der Waals surface area (Å²) in [6.07, 6.45) is 0.609. The third kappa shape index (κ3) is 3.73. The van der Waals surface area contributed by atoms with Gasteiger partial charge < -0.3 is 10.3 Å². The van der Waals surface area contributed by atoms with Crippen molar-refractivity contribution < 1.29 is 14.6 Å². The summed E-state index contributed by atoms with van der Waals surface area (Å²) in [4.78, 5) is 10.2. The van der Waals surface area contributed by atoms with Crippen LogP contribution in [0.2, 0.25) is 0 Å². The van der Waals surface area contributed by atoms with Crippen LogP contribution in [0.25, 0.3) is 0 Å². The first kappa shape index (κ1) is 11.0. The minimum Gasteiger partial charge on any atom is -0.623 e. The smallest absolute Gasteiger partial charge is 0.394 e. The summed E-state index contributed by atoms with van der Waals surface area (Å²) in [6, 6.07) is 7.32. The molecule has 1 rings (SSSR count). The molecule has 0 unspecified atom stereocenters. The van der Waals surface area contributed by atoms with Gasteiger partial charge in [-0.1, -0.05) is 12.1 Å². The van der Waals surface area contributed by atoms with E-state index in [9.17, 15) is 10.0 Å². The molecule has 0 amide bonds. The predicted molar refractivity (Wildman–Crippen MR) is 60.2 cm³/mol. The Morgan fingerprint density at radius 2 is 2.07 bits per heavy atom. The van der Waals surface area contributed by atoms with E-state index in [0.29, 0.717) is 11.0 Å². The van der Waals surface area contributed by atoms with E-state index in [0.717, 1.165) is 9.13 Å². The zero-order chi connectivity index (χ0) is 10.6. The van der Waals surface area contributed by atoms with E-state index in [-0.39, 0.29) is 6.54 Å². The van der Waals surface area contributed by atoms with Gasteiger partial charge in [0.1, 0.15) is 0 Å². The molecular weight excluding hydrogens is 297 g/mol. The van der Waals surface area contributed by atoms with E-state index in [1.807, 2.05) is 12.1 Å². The number of hydroxylamine groups is 1. The first-order chi connectivity index (χ1) is 6.58. The summed E-state index contributed by atoms with van der Waals surface area (Å²) in [5.41, 5.74) is 0.790. The second kappa shape index (κ2) is 4.94. The highest BCUT2D eigenvalue weighted by Crippen LogP contribution is 2.07. The Labute approximate surface area is 94.6 Å². The number of benzene rings is 1. The highest BCUT2D eigenvalue weighted by atomic mass is 127. The molecule has 0 aromatic heterocycles. The van der Waals surface area contributed by atoms with Crippen LogP contribution in [0, 0.1) is 8.78 Å². The maximum absolute atomic E-state index is 11.0. The summed E-state index contributed by atoms with van der Waals surface area (Å²) in [5, 5.41) is 19.3. The molecule has 1 aromatic carbocycles. The fourth-order valence-corrected chi connectivity index (χ4v) is 1.30. The van der Waals surface area contributed by atoms with Crippen molar-refractivity contribution in [2.45, 2.75) is 6.54 Å². The Hall–Kier alpha value is -1.11. The third-order valence-electron chi connectivity index (χ3n) is 1.51. The van der Waals surface area contributed by atoms with Gasteiger partial charge in [0.15, 0.2) is 6.54 Å². The molecule has 74 valence electrons. The van der Waals surface area contributed by atoms with Crippen LogP contribution < -0.4 is 0 Å². The van der Waals surface area contributed by atoms with E-state index in [1.165, 1.54) is 0 Å². The highest BCUT2D eigenvalue weighted by molar-refractivity contribution is 14.1. The summed E-state index contributed by atoms with van der Waals surface area (Å²) >= 11 is 2.16. The van der Waals surface area contributed by atoms with Gasteiger partial charge in [0.25, 0.3) is 6.21 Å². The summed E-state index contributed by atoms with van der Waals surface area (Å²) in [5.74, 6) is -1.23. The maximum atomic E-state index is 11.0. The second-order valence-corrected chi connectivity index (χ2v) is 3.91. The molecular formula is C9H8INO3. The lowest BCUT2D eigenvalue weighted by Gasteiger charge is -2.02. The topological polar surface area (TPSA) is 63.4 Å². The highest BCUT2D eigenvalue weighted by Gasteiger charge is 2.01. The quantitative estimate of drug-likeness (QED) is 0.302. The molecule has 0 radical (unpaired) electrons. The van der Waals surface area contributed by atoms with Gasteiger partial charge in [-0.05, 0) is 34.7 Å². The number of rotatable bonds is 3. The fraction of sp³-hybridized carbons (Fsp3) is 0.111. The molecule has 0 saturated heterocycles. The minimum absolute atomic E-state index is 0.0587. The first-order valence-electron chi connectivity index (χ1n) is 3.84. The van der Waals surface area contributed by atoms with Crippen LogP contribution in [0.15, 0.2) is 24.3 Å². The van der Waals surface area contributed by atoms with E-state index >= 15 is 0 Å². The number of hydrogen-bond acceptors (Lipinski definition) is 2. The lowest BCUT2D eigenvalue weighted by molar-refractivity contribution is -0.469. The van der Waals surface area contributed by atoms with Crippen molar-refractivity contribution >= 4 is 34.8 Å². The standard InChI is InChI=1S/C9H8INO3/c10-8-3-1-7(2-4-8)5-11(14)6-9(12)13/h1-4,6H,5H2,(H,12,13)/b11-6+. The van der Waals surface area contributed by atoms with Gasteiger partial charge in [-0.15, -0.1) is 0 Å². The SMILES string of the molecule is O=C(O)/C=[N+](/[O-])Cc1ccc(I)cc1. The second-order valence-electron chi connectivity index (χ2n) is 2.67. The number of carbonyl (C=O) groups is 1. The average Bonchev–Trinajstić information content (AvgIpc) is 2.07. The number of halogens is 1. The van der Waals surface area contributed by atoms with Crippen LogP contribution in [-0.2, 0) is 11.3 Å². The Morgan fingerprint density at radius 1 is 1.50 bits per heavy atom. The van der Waals surface area contributed by atoms with Gasteiger partial charge in [-0.2, -0.15) is 0 Å². The van der Waals surface area contributed by atoms with E-state index in [1.54, 1.807) is 12.1 Å². The Morgan fingerprint density at radius 3 is 2.57 bits per heavy atom. The van der Waals surface area contributed by atoms with Gasteiger partial charge >= 0.3 is 5.97 Å². The number of carboxylic acid groups (broad SMARTS) is 1. The number of aliphatic carboxylic acids is 1. The van der Waals surface area contributed by atoms with Crippen LogP contribution in [0.5, 0.6) is 0 Å². The first-order valence-corrected chi connectivity index (χ1v) is 4.92. The molecule has 0 bridgehead atoms. The molecule has 14 heavy (non-hydrogen) atoms. The Kier molecular flexibility index (Phi) is 3.87. The van der Waals surface area contributed by atoms with Crippen molar-refractivity contribution in [1.82, 2.24) is 0 Å². The van der Waals surface area contributed by atoms with Crippen LogP contribution in [0.4, 0.5) is 0 Å². The predicted octanol–water partition coefficient (Wildman–Crippen LogP) is 1.46. The van der Waals surface area contributed by atoms with Gasteiger partial charge in [0.05, 0.1) is 0 Å². The molecule has 0 spiro atoms. The molecule has 4 nitrogen and oxygen atoms in total. The van der Waals surface area contributed by atoms with E-state index in [4.69, 9.17) is 5.11 Å². The molecule has 1 aromatic rings. The molecule has 0 saturated carbocycles. The van der Waals surface area contributed by atoms with Gasteiger partial charge in [0, 0.05) is 9.13 Å². The molecule has 0 aliphatic carbocycles. The molecule has 5 heteroatoms. The van der Waals surface area contributed by atoms with Crippen molar-refractivity contribution in [2.24, 2.45) is 0 Å². The minimum atomic E-state index is -1.23. The van der Waals surface area contributed by atoms with Crippen LogP contribution in [0.1, 0.15) is 5.56 Å². The Balaban J connectivity index is 2.69. The van der Waals surface area contributed by atoms with Gasteiger partial charge in [-0.3, -0.25) is 0 Å². The monoisotopic (exact) mass is 305 g/mol. The van der Waals surface area contributed by atoms with Crippen molar-refractivity contribution in [2.75, 3.05) is 0 Å². The van der Waals surface area contributed by atoms with E-state index < -0.39 is 5.97 Å². The number of hydrogen-bond donors (Lipinski definition) is 1. The van der Waals surface area contributed by atoms with Crippen LogP contribution in [-0.4, -0.2) is 22.0 Å². The zero-order valence-corrected chi connectivity index (χ0v) is 9.34. The van der Waals surface area contributed by atoms with Crippen molar-refractivity contribution in [3.63, 3.8) is 0 Å². The van der Waals surface area contributed by atoms with Crippen LogP contribution in [0.3, 0.4) is 0 Å². The molecule has 0 aliphatic rings.